The summed E-state index contributed by atoms with van der Waals surface area (Å²) >= 11 is 0. The normalized spacial score (nSPS) is 19.9. The van der Waals surface area contributed by atoms with Gasteiger partial charge in [0.25, 0.3) is 0 Å². The predicted molar refractivity (Wildman–Crippen MR) is 72.4 cm³/mol. The fourth-order valence-electron chi connectivity index (χ4n) is 2.26. The summed E-state index contributed by atoms with van der Waals surface area (Å²) in [7, 11) is 0. The fourth-order valence-corrected chi connectivity index (χ4v) is 2.26. The van der Waals surface area contributed by atoms with E-state index < -0.39 is 0 Å². The maximum Gasteiger partial charge on any atom is 0.236 e. The van der Waals surface area contributed by atoms with Gasteiger partial charge >= 0.3 is 0 Å². The molecule has 1 aliphatic heterocycles. The lowest BCUT2D eigenvalue weighted by Crippen LogP contribution is -2.55. The molecule has 5 heteroatoms. The Kier molecular flexibility index (Phi) is 6.05. The summed E-state index contributed by atoms with van der Waals surface area (Å²) in [6.45, 7) is 10.9. The monoisotopic (exact) mass is 257 g/mol. The molecule has 1 fully saturated rings. The van der Waals surface area contributed by atoms with Gasteiger partial charge in [-0.25, -0.2) is 0 Å². The molecule has 5 nitrogen and oxygen atoms in total. The quantitative estimate of drug-likeness (QED) is 0.743. The van der Waals surface area contributed by atoms with E-state index in [-0.39, 0.29) is 11.4 Å². The van der Waals surface area contributed by atoms with E-state index in [0.29, 0.717) is 39.4 Å². The maximum atomic E-state index is 12.2. The van der Waals surface area contributed by atoms with Crippen molar-refractivity contribution in [1.82, 2.24) is 9.80 Å². The average Bonchev–Trinajstić information content (AvgIpc) is 2.44. The van der Waals surface area contributed by atoms with Crippen LogP contribution in [-0.2, 0) is 9.53 Å². The molecule has 0 radical (unpaired) electrons. The summed E-state index contributed by atoms with van der Waals surface area (Å²) in [5.41, 5.74) is 5.78. The molecule has 1 unspecified atom stereocenters. The van der Waals surface area contributed by atoms with E-state index in [9.17, 15) is 4.79 Å². The van der Waals surface area contributed by atoms with Crippen molar-refractivity contribution < 1.29 is 9.53 Å². The third kappa shape index (κ3) is 3.67. The Morgan fingerprint density at radius 2 is 2.00 bits per heavy atom. The number of carbonyl (C=O) groups excluding carboxylic acids is 1. The Bertz CT molecular complexity index is 261. The Morgan fingerprint density at radius 1 is 1.39 bits per heavy atom. The highest BCUT2D eigenvalue weighted by atomic mass is 16.5. The molecule has 0 aromatic heterocycles. The number of rotatable bonds is 6. The van der Waals surface area contributed by atoms with Gasteiger partial charge in [0.1, 0.15) is 0 Å². The minimum atomic E-state index is -0.0866. The van der Waals surface area contributed by atoms with E-state index in [1.807, 2.05) is 4.90 Å². The number of nitrogens with two attached hydrogens (primary N) is 1. The highest BCUT2D eigenvalue weighted by Gasteiger charge is 2.30. The van der Waals surface area contributed by atoms with Crippen LogP contribution >= 0.6 is 0 Å². The third-order valence-electron chi connectivity index (χ3n) is 4.04. The second-order valence-electron chi connectivity index (χ2n) is 5.06. The molecule has 2 N–H and O–H groups in total. The molecule has 0 spiro atoms. The number of likely N-dealkylation sites (N-methyl/N-ethyl adjacent to an activating group) is 1. The van der Waals surface area contributed by atoms with Crippen LogP contribution in [0.15, 0.2) is 0 Å². The van der Waals surface area contributed by atoms with Crippen molar-refractivity contribution >= 4 is 5.91 Å². The molecule has 0 aromatic carbocycles. The van der Waals surface area contributed by atoms with Crippen LogP contribution in [0.1, 0.15) is 27.2 Å². The summed E-state index contributed by atoms with van der Waals surface area (Å²) in [6.07, 6.45) is 0.952. The first-order valence-electron chi connectivity index (χ1n) is 6.88. The van der Waals surface area contributed by atoms with Gasteiger partial charge in [0.05, 0.1) is 19.8 Å². The first kappa shape index (κ1) is 15.4. The van der Waals surface area contributed by atoms with Gasteiger partial charge in [-0.2, -0.15) is 0 Å². The molecule has 0 saturated carbocycles. The lowest BCUT2D eigenvalue weighted by molar-refractivity contribution is -0.138. The fraction of sp³-hybridized carbons (Fsp3) is 0.923. The molecule has 1 heterocycles. The Hall–Kier alpha value is -0.650. The minimum Gasteiger partial charge on any atom is -0.378 e. The number of hydrogen-bond acceptors (Lipinski definition) is 4. The highest BCUT2D eigenvalue weighted by Crippen LogP contribution is 2.17. The highest BCUT2D eigenvalue weighted by molar-refractivity contribution is 5.78. The van der Waals surface area contributed by atoms with Crippen LogP contribution in [-0.4, -0.2) is 67.2 Å². The molecule has 106 valence electrons. The number of ether oxygens (including phenoxy) is 1. The summed E-state index contributed by atoms with van der Waals surface area (Å²) in [4.78, 5) is 16.3. The first-order valence-corrected chi connectivity index (χ1v) is 6.88. The lowest BCUT2D eigenvalue weighted by Gasteiger charge is -2.40. The number of hydrogen-bond donors (Lipinski definition) is 1. The molecule has 1 amide bonds. The van der Waals surface area contributed by atoms with Crippen molar-refractivity contribution in [3.05, 3.63) is 0 Å². The van der Waals surface area contributed by atoms with Crippen molar-refractivity contribution in [2.45, 2.75) is 32.7 Å². The van der Waals surface area contributed by atoms with Crippen LogP contribution in [0.5, 0.6) is 0 Å². The largest absolute Gasteiger partial charge is 0.378 e. The Morgan fingerprint density at radius 3 is 2.44 bits per heavy atom. The molecule has 1 rings (SSSR count). The van der Waals surface area contributed by atoms with Crippen molar-refractivity contribution in [3.63, 3.8) is 0 Å². The molecule has 1 saturated heterocycles. The van der Waals surface area contributed by atoms with Gasteiger partial charge in [0.2, 0.25) is 5.91 Å². The van der Waals surface area contributed by atoms with Crippen molar-refractivity contribution in [2.75, 3.05) is 45.9 Å². The first-order chi connectivity index (χ1) is 8.57. The maximum absolute atomic E-state index is 12.2. The third-order valence-corrected chi connectivity index (χ3v) is 4.04. The summed E-state index contributed by atoms with van der Waals surface area (Å²) in [5.74, 6) is 0.188. The molecule has 0 aliphatic carbocycles. The Balaban J connectivity index is 2.59. The van der Waals surface area contributed by atoms with E-state index in [0.717, 1.165) is 13.0 Å². The number of amides is 1. The second kappa shape index (κ2) is 7.07. The number of morpholine rings is 1. The van der Waals surface area contributed by atoms with E-state index in [1.165, 1.54) is 0 Å². The van der Waals surface area contributed by atoms with Crippen LogP contribution < -0.4 is 5.73 Å². The number of nitrogens with zero attached hydrogens (tertiary/aromatic N) is 2. The summed E-state index contributed by atoms with van der Waals surface area (Å²) < 4.78 is 5.26. The van der Waals surface area contributed by atoms with Gasteiger partial charge in [-0.15, -0.1) is 0 Å². The second-order valence-corrected chi connectivity index (χ2v) is 5.06. The smallest absolute Gasteiger partial charge is 0.236 e. The predicted octanol–water partition coefficient (Wildman–Crippen LogP) is 0.295. The van der Waals surface area contributed by atoms with Crippen molar-refractivity contribution in [2.24, 2.45) is 5.73 Å². The van der Waals surface area contributed by atoms with Gasteiger partial charge < -0.3 is 15.4 Å². The average molecular weight is 257 g/mol. The standard InChI is InChI=1S/C13H27N3O2/c1-4-13(3,11-14)16(5-2)10-12(17)15-6-8-18-9-7-15/h4-11,14H2,1-3H3. The summed E-state index contributed by atoms with van der Waals surface area (Å²) in [6, 6.07) is 0. The SMILES string of the molecule is CCN(CC(=O)N1CCOCC1)C(C)(CC)CN. The molecular weight excluding hydrogens is 230 g/mol. The van der Waals surface area contributed by atoms with Crippen LogP contribution in [0.4, 0.5) is 0 Å². The minimum absolute atomic E-state index is 0.0866. The molecule has 1 aliphatic rings. The van der Waals surface area contributed by atoms with E-state index in [1.54, 1.807) is 0 Å². The lowest BCUT2D eigenvalue weighted by atomic mass is 9.96. The van der Waals surface area contributed by atoms with Gasteiger partial charge in [0, 0.05) is 25.2 Å². The van der Waals surface area contributed by atoms with Crippen LogP contribution in [0.25, 0.3) is 0 Å². The van der Waals surface area contributed by atoms with Crippen molar-refractivity contribution in [1.29, 1.82) is 0 Å². The van der Waals surface area contributed by atoms with Gasteiger partial charge in [0.15, 0.2) is 0 Å². The molecular formula is C13H27N3O2. The van der Waals surface area contributed by atoms with E-state index in [2.05, 4.69) is 25.7 Å². The summed E-state index contributed by atoms with van der Waals surface area (Å²) in [5, 5.41) is 0. The zero-order chi connectivity index (χ0) is 13.6. The van der Waals surface area contributed by atoms with Gasteiger partial charge in [-0.1, -0.05) is 13.8 Å². The molecule has 18 heavy (non-hydrogen) atoms. The zero-order valence-corrected chi connectivity index (χ0v) is 11.9. The molecule has 0 bridgehead atoms. The van der Waals surface area contributed by atoms with E-state index in [4.69, 9.17) is 10.5 Å². The molecule has 0 aromatic rings. The van der Waals surface area contributed by atoms with Crippen LogP contribution in [0, 0.1) is 0 Å². The topological polar surface area (TPSA) is 58.8 Å². The Labute approximate surface area is 110 Å². The van der Waals surface area contributed by atoms with Crippen LogP contribution in [0.3, 0.4) is 0 Å². The molecule has 1 atom stereocenters. The van der Waals surface area contributed by atoms with Crippen molar-refractivity contribution in [3.8, 4) is 0 Å². The van der Waals surface area contributed by atoms with E-state index >= 15 is 0 Å². The van der Waals surface area contributed by atoms with Crippen LogP contribution in [0.2, 0.25) is 0 Å². The number of carbonyl (C=O) groups is 1. The van der Waals surface area contributed by atoms with Gasteiger partial charge in [-0.05, 0) is 19.9 Å². The van der Waals surface area contributed by atoms with Gasteiger partial charge in [-0.3, -0.25) is 9.69 Å². The zero-order valence-electron chi connectivity index (χ0n) is 11.9.